The first-order chi connectivity index (χ1) is 8.40. The van der Waals surface area contributed by atoms with Crippen LogP contribution >= 0.6 is 11.3 Å². The predicted octanol–water partition coefficient (Wildman–Crippen LogP) is 3.57. The molecule has 0 fully saturated rings. The fraction of sp³-hybridized carbons (Fsp3) is 0.273. The Bertz CT molecular complexity index is 563. The lowest BCUT2D eigenvalue weighted by molar-refractivity contribution is -0.141. The second-order valence-corrected chi connectivity index (χ2v) is 4.91. The van der Waals surface area contributed by atoms with Gasteiger partial charge in [0, 0.05) is 11.9 Å². The zero-order valence-electron chi connectivity index (χ0n) is 9.67. The van der Waals surface area contributed by atoms with Crippen molar-refractivity contribution in [1.29, 1.82) is 0 Å². The highest BCUT2D eigenvalue weighted by atomic mass is 32.1. The predicted molar refractivity (Wildman–Crippen MR) is 64.6 cm³/mol. The van der Waals surface area contributed by atoms with Gasteiger partial charge in [0.25, 0.3) is 0 Å². The molecule has 3 nitrogen and oxygen atoms in total. The summed E-state index contributed by atoms with van der Waals surface area (Å²) >= 11 is 1.39. The maximum Gasteiger partial charge on any atom is 0.433 e. The Labute approximate surface area is 106 Å². The van der Waals surface area contributed by atoms with Gasteiger partial charge in [-0.05, 0) is 25.1 Å². The molecular weight excluding hydrogens is 263 g/mol. The van der Waals surface area contributed by atoms with Gasteiger partial charge in [0.1, 0.15) is 0 Å². The van der Waals surface area contributed by atoms with Gasteiger partial charge in [0.15, 0.2) is 5.69 Å². The molecule has 0 aromatic carbocycles. The topological polar surface area (TPSA) is 37.8 Å². The van der Waals surface area contributed by atoms with Crippen LogP contribution in [-0.4, -0.2) is 17.0 Å². The molecule has 1 N–H and O–H groups in total. The first-order valence-corrected chi connectivity index (χ1v) is 5.92. The summed E-state index contributed by atoms with van der Waals surface area (Å²) in [6, 6.07) is 4.56. The molecule has 2 aromatic rings. The van der Waals surface area contributed by atoms with E-state index in [9.17, 15) is 13.2 Å². The molecular formula is C11H10F3N3S. The van der Waals surface area contributed by atoms with Crippen LogP contribution in [0.3, 0.4) is 0 Å². The van der Waals surface area contributed by atoms with Crippen LogP contribution in [-0.2, 0) is 6.18 Å². The third-order valence-electron chi connectivity index (χ3n) is 2.23. The third kappa shape index (κ3) is 2.61. The molecule has 0 amide bonds. The largest absolute Gasteiger partial charge is 0.433 e. The van der Waals surface area contributed by atoms with Crippen molar-refractivity contribution >= 4 is 17.3 Å². The lowest BCUT2D eigenvalue weighted by Crippen LogP contribution is -2.11. The number of aromatic nitrogens is 2. The van der Waals surface area contributed by atoms with E-state index >= 15 is 0 Å². The number of nitrogens with one attached hydrogen (secondary N) is 1. The lowest BCUT2D eigenvalue weighted by Gasteiger charge is -2.09. The number of rotatable bonds is 2. The lowest BCUT2D eigenvalue weighted by atomic mass is 10.2. The Hall–Kier alpha value is -1.63. The number of anilines is 1. The normalized spacial score (nSPS) is 11.6. The van der Waals surface area contributed by atoms with E-state index in [1.54, 1.807) is 6.07 Å². The summed E-state index contributed by atoms with van der Waals surface area (Å²) in [5.41, 5.74) is -0.664. The number of halogens is 3. The Morgan fingerprint density at radius 3 is 2.44 bits per heavy atom. The number of hydrogen-bond acceptors (Lipinski definition) is 4. The van der Waals surface area contributed by atoms with Crippen LogP contribution in [0.25, 0.3) is 10.6 Å². The molecule has 0 saturated carbocycles. The van der Waals surface area contributed by atoms with Crippen LogP contribution in [0.4, 0.5) is 19.1 Å². The molecule has 0 aliphatic heterocycles. The van der Waals surface area contributed by atoms with Crippen LogP contribution in [0.15, 0.2) is 18.2 Å². The molecule has 0 unspecified atom stereocenters. The van der Waals surface area contributed by atoms with Crippen LogP contribution in [0, 0.1) is 6.92 Å². The van der Waals surface area contributed by atoms with E-state index in [0.29, 0.717) is 4.88 Å². The van der Waals surface area contributed by atoms with Crippen molar-refractivity contribution < 1.29 is 13.2 Å². The van der Waals surface area contributed by atoms with Gasteiger partial charge in [0.2, 0.25) is 5.95 Å². The van der Waals surface area contributed by atoms with Crippen LogP contribution < -0.4 is 5.32 Å². The van der Waals surface area contributed by atoms with E-state index in [2.05, 4.69) is 15.3 Å². The van der Waals surface area contributed by atoms with Crippen molar-refractivity contribution in [1.82, 2.24) is 9.97 Å². The first-order valence-electron chi connectivity index (χ1n) is 5.11. The van der Waals surface area contributed by atoms with Crippen molar-refractivity contribution in [3.05, 3.63) is 28.8 Å². The van der Waals surface area contributed by atoms with Crippen LogP contribution in [0.1, 0.15) is 10.6 Å². The maximum absolute atomic E-state index is 12.7. The van der Waals surface area contributed by atoms with Gasteiger partial charge in [0.05, 0.1) is 10.6 Å². The Kier molecular flexibility index (Phi) is 3.25. The van der Waals surface area contributed by atoms with Gasteiger partial charge in [-0.3, -0.25) is 0 Å². The summed E-state index contributed by atoms with van der Waals surface area (Å²) in [5.74, 6) is -0.0362. The number of alkyl halides is 3. The monoisotopic (exact) mass is 273 g/mol. The molecule has 96 valence electrons. The SMILES string of the molecule is CNc1nc(-c2ccc(C)s2)cc(C(F)(F)F)n1. The fourth-order valence-electron chi connectivity index (χ4n) is 1.40. The molecule has 0 saturated heterocycles. The van der Waals surface area contributed by atoms with E-state index in [4.69, 9.17) is 0 Å². The molecule has 0 aliphatic rings. The van der Waals surface area contributed by atoms with Gasteiger partial charge in [-0.15, -0.1) is 11.3 Å². The Balaban J connectivity index is 2.54. The molecule has 0 spiro atoms. The second kappa shape index (κ2) is 4.56. The van der Waals surface area contributed by atoms with Crippen molar-refractivity contribution in [3.8, 4) is 10.6 Å². The second-order valence-electron chi connectivity index (χ2n) is 3.62. The molecule has 0 radical (unpaired) electrons. The summed E-state index contributed by atoms with van der Waals surface area (Å²) in [4.78, 5) is 9.16. The number of aryl methyl sites for hydroxylation is 1. The zero-order valence-corrected chi connectivity index (χ0v) is 10.5. The molecule has 0 atom stereocenters. The van der Waals surface area contributed by atoms with Crippen LogP contribution in [0.2, 0.25) is 0 Å². The maximum atomic E-state index is 12.7. The quantitative estimate of drug-likeness (QED) is 0.909. The zero-order chi connectivity index (χ0) is 13.3. The van der Waals surface area contributed by atoms with Crippen molar-refractivity contribution in [3.63, 3.8) is 0 Å². The van der Waals surface area contributed by atoms with Gasteiger partial charge in [-0.25, -0.2) is 9.97 Å². The smallest absolute Gasteiger partial charge is 0.357 e. The summed E-state index contributed by atoms with van der Waals surface area (Å²) in [6.45, 7) is 1.89. The molecule has 0 aliphatic carbocycles. The number of nitrogens with zero attached hydrogens (tertiary/aromatic N) is 2. The highest BCUT2D eigenvalue weighted by Gasteiger charge is 2.33. The molecule has 2 rings (SSSR count). The summed E-state index contributed by atoms with van der Waals surface area (Å²) in [6.07, 6.45) is -4.48. The molecule has 2 heterocycles. The van der Waals surface area contributed by atoms with E-state index in [0.717, 1.165) is 10.9 Å². The first kappa shape index (κ1) is 12.8. The number of hydrogen-bond donors (Lipinski definition) is 1. The molecule has 2 aromatic heterocycles. The van der Waals surface area contributed by atoms with E-state index in [1.807, 2.05) is 13.0 Å². The standard InChI is InChI=1S/C11H10F3N3S/c1-6-3-4-8(18-6)7-5-9(11(12,13)14)17-10(15-2)16-7/h3-5H,1-2H3,(H,15,16,17). The van der Waals surface area contributed by atoms with E-state index in [1.165, 1.54) is 18.4 Å². The summed E-state index contributed by atoms with van der Waals surface area (Å²) in [7, 11) is 1.49. The summed E-state index contributed by atoms with van der Waals surface area (Å²) < 4.78 is 38.1. The van der Waals surface area contributed by atoms with E-state index < -0.39 is 11.9 Å². The third-order valence-corrected chi connectivity index (χ3v) is 3.26. The fourth-order valence-corrected chi connectivity index (χ4v) is 2.23. The van der Waals surface area contributed by atoms with Crippen molar-refractivity contribution in [2.75, 3.05) is 12.4 Å². The van der Waals surface area contributed by atoms with Gasteiger partial charge >= 0.3 is 6.18 Å². The molecule has 18 heavy (non-hydrogen) atoms. The molecule has 0 bridgehead atoms. The van der Waals surface area contributed by atoms with Crippen molar-refractivity contribution in [2.45, 2.75) is 13.1 Å². The average molecular weight is 273 g/mol. The van der Waals surface area contributed by atoms with E-state index in [-0.39, 0.29) is 11.6 Å². The minimum absolute atomic E-state index is 0.0362. The minimum atomic E-state index is -4.48. The van der Waals surface area contributed by atoms with Gasteiger partial charge in [-0.2, -0.15) is 13.2 Å². The van der Waals surface area contributed by atoms with Crippen molar-refractivity contribution in [2.24, 2.45) is 0 Å². The Morgan fingerprint density at radius 1 is 1.22 bits per heavy atom. The highest BCUT2D eigenvalue weighted by Crippen LogP contribution is 2.33. The van der Waals surface area contributed by atoms with Gasteiger partial charge in [-0.1, -0.05) is 0 Å². The average Bonchev–Trinajstić information content (AvgIpc) is 2.74. The number of thiophene rings is 1. The van der Waals surface area contributed by atoms with Crippen LogP contribution in [0.5, 0.6) is 0 Å². The summed E-state index contributed by atoms with van der Waals surface area (Å²) in [5, 5.41) is 2.54. The highest BCUT2D eigenvalue weighted by molar-refractivity contribution is 7.15. The van der Waals surface area contributed by atoms with Gasteiger partial charge < -0.3 is 5.32 Å². The molecule has 7 heteroatoms. The Morgan fingerprint density at radius 2 is 1.94 bits per heavy atom. The minimum Gasteiger partial charge on any atom is -0.357 e.